The van der Waals surface area contributed by atoms with Gasteiger partial charge >= 0.3 is 18.0 Å². The number of likely N-dealkylation sites (tertiary alicyclic amines) is 2. The highest BCUT2D eigenvalue weighted by atomic mass is 16.5. The van der Waals surface area contributed by atoms with Crippen LogP contribution in [0.3, 0.4) is 0 Å². The molecule has 3 aliphatic heterocycles. The summed E-state index contributed by atoms with van der Waals surface area (Å²) in [6, 6.07) is 13.0. The number of unbranched alkanes of at least 4 members (excludes halogenated alkanes) is 2. The molecule has 0 aliphatic carbocycles. The molecule has 0 saturated carbocycles. The van der Waals surface area contributed by atoms with Crippen molar-refractivity contribution < 1.29 is 28.7 Å². The van der Waals surface area contributed by atoms with Crippen LogP contribution in [0.2, 0.25) is 0 Å². The molecule has 376 valence electrons. The van der Waals surface area contributed by atoms with Crippen LogP contribution in [0.15, 0.2) is 53.5 Å². The van der Waals surface area contributed by atoms with E-state index in [2.05, 4.69) is 36.0 Å². The average molecular weight is 951 g/mol. The number of carbonyl (C=O) groups excluding carboxylic acids is 4. The summed E-state index contributed by atoms with van der Waals surface area (Å²) in [6.07, 6.45) is 10.8. The Morgan fingerprint density at radius 2 is 1.39 bits per heavy atom. The molecule has 69 heavy (non-hydrogen) atoms. The third-order valence-corrected chi connectivity index (χ3v) is 15.1. The molecule has 5 heterocycles. The summed E-state index contributed by atoms with van der Waals surface area (Å²) in [7, 11) is 2.17. The van der Waals surface area contributed by atoms with Gasteiger partial charge in [0, 0.05) is 68.9 Å². The number of aromatic nitrogens is 3. The fourth-order valence-electron chi connectivity index (χ4n) is 10.4. The zero-order chi connectivity index (χ0) is 49.5. The first-order chi connectivity index (χ1) is 33.0. The molecule has 3 amide bonds. The van der Waals surface area contributed by atoms with Crippen molar-refractivity contribution in [3.8, 4) is 0 Å². The second-order valence-corrected chi connectivity index (χ2v) is 21.4. The Labute approximate surface area is 408 Å². The molecule has 0 spiro atoms. The molecule has 3 saturated heterocycles. The van der Waals surface area contributed by atoms with Gasteiger partial charge in [0.2, 0.25) is 5.91 Å². The Bertz CT molecular complexity index is 2490. The van der Waals surface area contributed by atoms with E-state index in [0.717, 1.165) is 98.5 Å². The number of urea groups is 1. The van der Waals surface area contributed by atoms with E-state index in [1.54, 1.807) is 14.1 Å². The quantitative estimate of drug-likeness (QED) is 0.0978. The molecule has 3 aliphatic rings. The summed E-state index contributed by atoms with van der Waals surface area (Å²) in [5.41, 5.74) is 2.50. The van der Waals surface area contributed by atoms with Crippen LogP contribution in [0.1, 0.15) is 128 Å². The van der Waals surface area contributed by atoms with Gasteiger partial charge in [-0.15, -0.1) is 0 Å². The van der Waals surface area contributed by atoms with E-state index in [9.17, 15) is 24.0 Å². The third-order valence-electron chi connectivity index (χ3n) is 15.1. The van der Waals surface area contributed by atoms with Gasteiger partial charge in [0.15, 0.2) is 13.5 Å². The minimum Gasteiger partial charge on any atom is -0.443 e. The maximum Gasteiger partial charge on any atom is 0.318 e. The average Bonchev–Trinajstić information content (AvgIpc) is 3.77. The zero-order valence-corrected chi connectivity index (χ0v) is 42.7. The molecule has 2 aromatic heterocycles. The van der Waals surface area contributed by atoms with Gasteiger partial charge in [-0.05, 0) is 134 Å². The first kappa shape index (κ1) is 51.6. The van der Waals surface area contributed by atoms with Crippen molar-refractivity contribution >= 4 is 45.7 Å². The van der Waals surface area contributed by atoms with Crippen molar-refractivity contribution in [3.05, 3.63) is 75.7 Å². The fraction of sp³-hybridized carbons (Fsp3) is 0.630. The molecule has 2 aromatic carbocycles. The number of aryl methyl sites for hydroxylation is 1. The lowest BCUT2D eigenvalue weighted by Crippen LogP contribution is -2.59. The molecule has 1 atom stereocenters. The Kier molecular flexibility index (Phi) is 16.9. The largest absolute Gasteiger partial charge is 0.443 e. The Morgan fingerprint density at radius 3 is 2.03 bits per heavy atom. The number of hydrogen-bond acceptors (Lipinski definition) is 10. The SMILES string of the molecule is CCCCC(C)(C)C(=O)OCn1cc2cc(CC(NC(=O)N3CCC(c4cc5ccccc5n(COC(=O)C(C)(C)CCCC)c4=O)CC3)C(=O)N3CCN(C4CCN(C)CC4)CC3)cc(C)c2n1. The van der Waals surface area contributed by atoms with Gasteiger partial charge in [0.1, 0.15) is 6.04 Å². The van der Waals surface area contributed by atoms with Crippen molar-refractivity contribution in [1.82, 2.24) is 39.3 Å². The molecule has 3 fully saturated rings. The van der Waals surface area contributed by atoms with Gasteiger partial charge in [-0.2, -0.15) is 5.10 Å². The van der Waals surface area contributed by atoms with Gasteiger partial charge in [-0.1, -0.05) is 63.8 Å². The van der Waals surface area contributed by atoms with Gasteiger partial charge in [-0.3, -0.25) is 28.6 Å². The van der Waals surface area contributed by atoms with Gasteiger partial charge in [0.25, 0.3) is 5.56 Å². The first-order valence-electron chi connectivity index (χ1n) is 25.7. The third kappa shape index (κ3) is 12.6. The van der Waals surface area contributed by atoms with Crippen molar-refractivity contribution in [2.45, 2.75) is 151 Å². The number of nitrogens with zero attached hydrogens (tertiary/aromatic N) is 7. The number of esters is 2. The number of piperidine rings is 2. The molecule has 0 radical (unpaired) electrons. The molecule has 7 rings (SSSR count). The number of piperazine rings is 1. The molecular formula is C54H78N8O7. The summed E-state index contributed by atoms with van der Waals surface area (Å²) >= 11 is 0. The molecule has 15 heteroatoms. The maximum absolute atomic E-state index is 14.6. The van der Waals surface area contributed by atoms with Crippen LogP contribution in [-0.4, -0.2) is 129 Å². The van der Waals surface area contributed by atoms with Crippen molar-refractivity contribution in [3.63, 3.8) is 0 Å². The smallest absolute Gasteiger partial charge is 0.318 e. The van der Waals surface area contributed by atoms with Gasteiger partial charge in [-0.25, -0.2) is 9.48 Å². The van der Waals surface area contributed by atoms with E-state index in [-0.39, 0.29) is 55.2 Å². The Balaban J connectivity index is 1.05. The van der Waals surface area contributed by atoms with Crippen LogP contribution in [0.25, 0.3) is 21.8 Å². The number of para-hydroxylation sites is 1. The number of carbonyl (C=O) groups is 4. The Hall–Kier alpha value is -5.28. The topological polar surface area (TPSA) is 152 Å². The van der Waals surface area contributed by atoms with Crippen LogP contribution in [0.4, 0.5) is 4.79 Å². The van der Waals surface area contributed by atoms with Gasteiger partial charge in [0.05, 0.1) is 21.9 Å². The number of benzene rings is 2. The standard InChI is InChI=1S/C54H78N8O7/c1-9-11-21-53(4,5)50(65)68-36-61-35-42-32-39(31-38(3)47(42)56-61)33-45(49(64)59-29-27-58(28-30-59)43-19-23-57(8)24-20-43)55-52(67)60-25-17-40(18-26-60)44-34-41-15-13-14-16-46(41)62(48(44)63)37-69-51(66)54(6,7)22-12-10-2/h13-16,31-32,34-35,40,43,45H,9-12,17-30,33,36-37H2,1-8H3,(H,55,67). The second kappa shape index (κ2) is 22.6. The van der Waals surface area contributed by atoms with E-state index in [4.69, 9.17) is 14.6 Å². The zero-order valence-electron chi connectivity index (χ0n) is 42.7. The van der Waals surface area contributed by atoms with Crippen LogP contribution in [-0.2, 0) is 43.7 Å². The number of pyridine rings is 1. The number of rotatable bonds is 18. The minimum absolute atomic E-state index is 0.000658. The first-order valence-corrected chi connectivity index (χ1v) is 25.7. The van der Waals surface area contributed by atoms with Crippen molar-refractivity contribution in [2.24, 2.45) is 10.8 Å². The normalized spacial score (nSPS) is 17.6. The number of fused-ring (bicyclic) bond motifs is 2. The summed E-state index contributed by atoms with van der Waals surface area (Å²) < 4.78 is 14.8. The number of ether oxygens (including phenoxy) is 2. The molecule has 4 aromatic rings. The van der Waals surface area contributed by atoms with Gasteiger partial charge < -0.3 is 29.5 Å². The van der Waals surface area contributed by atoms with Crippen molar-refractivity contribution in [1.29, 1.82) is 0 Å². The lowest BCUT2D eigenvalue weighted by molar-refractivity contribution is -0.159. The van der Waals surface area contributed by atoms with Crippen LogP contribution in [0, 0.1) is 17.8 Å². The summed E-state index contributed by atoms with van der Waals surface area (Å²) in [6.45, 7) is 19.4. The van der Waals surface area contributed by atoms with E-state index >= 15 is 0 Å². The summed E-state index contributed by atoms with van der Waals surface area (Å²) in [5.74, 6) is -0.792. The highest BCUT2D eigenvalue weighted by Crippen LogP contribution is 2.31. The maximum atomic E-state index is 14.6. The predicted molar refractivity (Wildman–Crippen MR) is 270 cm³/mol. The van der Waals surface area contributed by atoms with Crippen molar-refractivity contribution in [2.75, 3.05) is 59.4 Å². The lowest BCUT2D eigenvalue weighted by atomic mass is 9.87. The molecule has 1 N–H and O–H groups in total. The highest BCUT2D eigenvalue weighted by Gasteiger charge is 2.35. The highest BCUT2D eigenvalue weighted by molar-refractivity contribution is 5.88. The van der Waals surface area contributed by atoms with E-state index in [0.29, 0.717) is 62.6 Å². The second-order valence-electron chi connectivity index (χ2n) is 21.4. The minimum atomic E-state index is -0.814. The lowest BCUT2D eigenvalue weighted by Gasteiger charge is -2.43. The number of amides is 3. The van der Waals surface area contributed by atoms with E-state index < -0.39 is 16.9 Å². The Morgan fingerprint density at radius 1 is 0.768 bits per heavy atom. The number of nitrogens with one attached hydrogen (secondary N) is 1. The monoisotopic (exact) mass is 951 g/mol. The molecule has 0 bridgehead atoms. The van der Waals surface area contributed by atoms with E-state index in [1.165, 1.54) is 0 Å². The fourth-order valence-corrected chi connectivity index (χ4v) is 10.4. The van der Waals surface area contributed by atoms with Crippen LogP contribution < -0.4 is 10.9 Å². The summed E-state index contributed by atoms with van der Waals surface area (Å²) in [5, 5.41) is 9.67. The predicted octanol–water partition coefficient (Wildman–Crippen LogP) is 7.83. The molecule has 1 unspecified atom stereocenters. The summed E-state index contributed by atoms with van der Waals surface area (Å²) in [4.78, 5) is 77.9. The van der Waals surface area contributed by atoms with Crippen LogP contribution in [0.5, 0.6) is 0 Å². The molecular weight excluding hydrogens is 873 g/mol. The van der Waals surface area contributed by atoms with Crippen LogP contribution >= 0.6 is 0 Å². The molecule has 15 nitrogen and oxygen atoms in total. The number of hydrogen-bond donors (Lipinski definition) is 1. The van der Waals surface area contributed by atoms with E-state index in [1.807, 2.05) is 88.2 Å².